The third kappa shape index (κ3) is 3.73. The van der Waals surface area contributed by atoms with Crippen LogP contribution in [0.15, 0.2) is 0 Å². The van der Waals surface area contributed by atoms with E-state index in [2.05, 4.69) is 29.1 Å². The number of likely N-dealkylation sites (N-methyl/N-ethyl adjacent to an activating group) is 1. The number of nitrogens with zero attached hydrogens (tertiary/aromatic N) is 2. The lowest BCUT2D eigenvalue weighted by Gasteiger charge is -2.45. The standard InChI is InChI=1S/C16H31N3O/c1-14-10-19(8-7-18(14)2)12-16(6-3-9-20-13-16)11-17-15-4-5-15/h14-15,17H,3-13H2,1-2H3. The molecule has 1 aliphatic carbocycles. The second kappa shape index (κ2) is 6.30. The van der Waals surface area contributed by atoms with Crippen molar-refractivity contribution in [3.63, 3.8) is 0 Å². The largest absolute Gasteiger partial charge is 0.381 e. The molecule has 3 fully saturated rings. The second-order valence-corrected chi connectivity index (χ2v) is 7.38. The highest BCUT2D eigenvalue weighted by Crippen LogP contribution is 2.31. The van der Waals surface area contributed by atoms with Gasteiger partial charge in [0.05, 0.1) is 6.61 Å². The maximum absolute atomic E-state index is 5.85. The number of hydrogen-bond acceptors (Lipinski definition) is 4. The topological polar surface area (TPSA) is 27.7 Å². The van der Waals surface area contributed by atoms with Crippen LogP contribution in [0.4, 0.5) is 0 Å². The molecule has 116 valence electrons. The van der Waals surface area contributed by atoms with Gasteiger partial charge in [0.2, 0.25) is 0 Å². The predicted octanol–water partition coefficient (Wildman–Crippen LogP) is 1.17. The summed E-state index contributed by atoms with van der Waals surface area (Å²) in [7, 11) is 2.25. The Balaban J connectivity index is 1.56. The van der Waals surface area contributed by atoms with Crippen molar-refractivity contribution in [2.45, 2.75) is 44.7 Å². The molecule has 0 aromatic carbocycles. The fourth-order valence-corrected chi connectivity index (χ4v) is 3.62. The average Bonchev–Trinajstić information content (AvgIpc) is 3.26. The third-order valence-corrected chi connectivity index (χ3v) is 5.35. The molecule has 0 aromatic rings. The van der Waals surface area contributed by atoms with E-state index in [9.17, 15) is 0 Å². The van der Waals surface area contributed by atoms with E-state index in [1.807, 2.05) is 0 Å². The van der Waals surface area contributed by atoms with E-state index < -0.39 is 0 Å². The summed E-state index contributed by atoms with van der Waals surface area (Å²) in [5, 5.41) is 3.76. The Morgan fingerprint density at radius 1 is 1.30 bits per heavy atom. The van der Waals surface area contributed by atoms with E-state index in [-0.39, 0.29) is 0 Å². The van der Waals surface area contributed by atoms with Gasteiger partial charge in [-0.15, -0.1) is 0 Å². The lowest BCUT2D eigenvalue weighted by atomic mass is 9.81. The van der Waals surface area contributed by atoms with Gasteiger partial charge < -0.3 is 15.0 Å². The van der Waals surface area contributed by atoms with Gasteiger partial charge in [0, 0.05) is 56.8 Å². The van der Waals surface area contributed by atoms with Gasteiger partial charge in [-0.05, 0) is 39.7 Å². The monoisotopic (exact) mass is 281 g/mol. The van der Waals surface area contributed by atoms with Gasteiger partial charge in [-0.2, -0.15) is 0 Å². The first kappa shape index (κ1) is 14.8. The summed E-state index contributed by atoms with van der Waals surface area (Å²) in [6.07, 6.45) is 5.31. The van der Waals surface area contributed by atoms with Crippen LogP contribution in [0.5, 0.6) is 0 Å². The zero-order chi connectivity index (χ0) is 14.0. The fraction of sp³-hybridized carbons (Fsp3) is 1.00. The predicted molar refractivity (Wildman–Crippen MR) is 82.0 cm³/mol. The van der Waals surface area contributed by atoms with Crippen LogP contribution in [0.1, 0.15) is 32.6 Å². The summed E-state index contributed by atoms with van der Waals surface area (Å²) in [6, 6.07) is 1.49. The number of ether oxygens (including phenoxy) is 1. The Morgan fingerprint density at radius 3 is 2.80 bits per heavy atom. The van der Waals surface area contributed by atoms with E-state index in [1.165, 1.54) is 51.9 Å². The molecule has 0 radical (unpaired) electrons. The van der Waals surface area contributed by atoms with Crippen LogP contribution in [0.25, 0.3) is 0 Å². The van der Waals surface area contributed by atoms with Crippen LogP contribution in [0.2, 0.25) is 0 Å². The van der Waals surface area contributed by atoms with Crippen molar-refractivity contribution < 1.29 is 4.74 Å². The Morgan fingerprint density at radius 2 is 2.15 bits per heavy atom. The molecule has 20 heavy (non-hydrogen) atoms. The Kier molecular flexibility index (Phi) is 4.65. The van der Waals surface area contributed by atoms with Crippen LogP contribution in [0, 0.1) is 5.41 Å². The van der Waals surface area contributed by atoms with Gasteiger partial charge in [0.1, 0.15) is 0 Å². The second-order valence-electron chi connectivity index (χ2n) is 7.38. The van der Waals surface area contributed by atoms with Gasteiger partial charge in [0.15, 0.2) is 0 Å². The number of hydrogen-bond donors (Lipinski definition) is 1. The molecule has 0 aromatic heterocycles. The smallest absolute Gasteiger partial charge is 0.0546 e. The molecule has 1 N–H and O–H groups in total. The first-order valence-electron chi connectivity index (χ1n) is 8.41. The minimum absolute atomic E-state index is 0.358. The van der Waals surface area contributed by atoms with Gasteiger partial charge in [-0.25, -0.2) is 0 Å². The van der Waals surface area contributed by atoms with Crippen molar-refractivity contribution in [3.05, 3.63) is 0 Å². The maximum Gasteiger partial charge on any atom is 0.0546 e. The van der Waals surface area contributed by atoms with Crippen LogP contribution in [-0.4, -0.2) is 74.9 Å². The van der Waals surface area contributed by atoms with Crippen molar-refractivity contribution in [2.24, 2.45) is 5.41 Å². The molecule has 0 bridgehead atoms. The van der Waals surface area contributed by atoms with Gasteiger partial charge >= 0.3 is 0 Å². The van der Waals surface area contributed by atoms with Crippen LogP contribution >= 0.6 is 0 Å². The number of piperazine rings is 1. The Bertz CT molecular complexity index is 313. The molecule has 1 saturated carbocycles. The van der Waals surface area contributed by atoms with E-state index >= 15 is 0 Å². The van der Waals surface area contributed by atoms with Crippen LogP contribution < -0.4 is 5.32 Å². The SMILES string of the molecule is CC1CN(CC2(CNC3CC3)CCCOC2)CCN1C. The molecular weight excluding hydrogens is 250 g/mol. The molecule has 2 saturated heterocycles. The van der Waals surface area contributed by atoms with E-state index in [0.29, 0.717) is 11.5 Å². The molecule has 3 rings (SSSR count). The lowest BCUT2D eigenvalue weighted by molar-refractivity contribution is -0.0363. The van der Waals surface area contributed by atoms with Gasteiger partial charge in [-0.3, -0.25) is 4.90 Å². The van der Waals surface area contributed by atoms with Crippen molar-refractivity contribution in [1.29, 1.82) is 0 Å². The minimum atomic E-state index is 0.358. The maximum atomic E-state index is 5.85. The summed E-state index contributed by atoms with van der Waals surface area (Å²) in [6.45, 7) is 10.3. The molecule has 4 nitrogen and oxygen atoms in total. The first-order chi connectivity index (χ1) is 9.67. The van der Waals surface area contributed by atoms with E-state index in [1.54, 1.807) is 0 Å². The lowest BCUT2D eigenvalue weighted by Crippen LogP contribution is -2.56. The summed E-state index contributed by atoms with van der Waals surface area (Å²) in [5.74, 6) is 0. The molecule has 2 unspecified atom stereocenters. The number of nitrogens with one attached hydrogen (secondary N) is 1. The number of rotatable bonds is 5. The fourth-order valence-electron chi connectivity index (χ4n) is 3.62. The average molecular weight is 281 g/mol. The highest BCUT2D eigenvalue weighted by Gasteiger charge is 2.37. The normalized spacial score (nSPS) is 37.2. The molecular formula is C16H31N3O. The summed E-state index contributed by atoms with van der Waals surface area (Å²) >= 11 is 0. The first-order valence-corrected chi connectivity index (χ1v) is 8.41. The minimum Gasteiger partial charge on any atom is -0.381 e. The summed E-state index contributed by atoms with van der Waals surface area (Å²) in [4.78, 5) is 5.15. The summed E-state index contributed by atoms with van der Waals surface area (Å²) in [5.41, 5.74) is 0.358. The van der Waals surface area contributed by atoms with Crippen molar-refractivity contribution in [3.8, 4) is 0 Å². The zero-order valence-corrected chi connectivity index (χ0v) is 13.2. The molecule has 2 aliphatic heterocycles. The third-order valence-electron chi connectivity index (χ3n) is 5.35. The van der Waals surface area contributed by atoms with Gasteiger partial charge in [0.25, 0.3) is 0 Å². The molecule has 3 aliphatic rings. The van der Waals surface area contributed by atoms with Gasteiger partial charge in [-0.1, -0.05) is 0 Å². The van der Waals surface area contributed by atoms with Crippen molar-refractivity contribution >= 4 is 0 Å². The summed E-state index contributed by atoms with van der Waals surface area (Å²) < 4.78 is 5.85. The Labute approximate surface area is 123 Å². The molecule has 4 heteroatoms. The van der Waals surface area contributed by atoms with Crippen LogP contribution in [0.3, 0.4) is 0 Å². The van der Waals surface area contributed by atoms with Crippen LogP contribution in [-0.2, 0) is 4.74 Å². The molecule has 0 amide bonds. The Hall–Kier alpha value is -0.160. The highest BCUT2D eigenvalue weighted by atomic mass is 16.5. The zero-order valence-electron chi connectivity index (χ0n) is 13.2. The van der Waals surface area contributed by atoms with Crippen molar-refractivity contribution in [2.75, 3.05) is 53.0 Å². The highest BCUT2D eigenvalue weighted by molar-refractivity contribution is 4.92. The van der Waals surface area contributed by atoms with Crippen molar-refractivity contribution in [1.82, 2.24) is 15.1 Å². The van der Waals surface area contributed by atoms with E-state index in [4.69, 9.17) is 4.74 Å². The molecule has 2 heterocycles. The van der Waals surface area contributed by atoms with E-state index in [0.717, 1.165) is 25.8 Å². The molecule has 2 atom stereocenters. The quantitative estimate of drug-likeness (QED) is 0.819. The molecule has 0 spiro atoms.